The molecule has 2 aliphatic carbocycles. The van der Waals surface area contributed by atoms with Crippen molar-refractivity contribution in [2.45, 2.75) is 36.7 Å². The molecule has 1 saturated carbocycles. The molecule has 6 rings (SSSR count). The van der Waals surface area contributed by atoms with Crippen molar-refractivity contribution in [2.75, 3.05) is 12.4 Å². The summed E-state index contributed by atoms with van der Waals surface area (Å²) in [7, 11) is 0. The molecule has 0 aromatic heterocycles. The maximum atomic E-state index is 14.1. The number of aliphatic imine (C=N–C) groups is 1. The molecule has 1 aromatic rings. The third kappa shape index (κ3) is 3.45. The summed E-state index contributed by atoms with van der Waals surface area (Å²) in [5.41, 5.74) is 4.01. The van der Waals surface area contributed by atoms with E-state index in [0.29, 0.717) is 22.7 Å². The lowest BCUT2D eigenvalue weighted by atomic mass is 9.88. The van der Waals surface area contributed by atoms with Crippen molar-refractivity contribution in [3.05, 3.63) is 81.2 Å². The molecule has 1 saturated heterocycles. The van der Waals surface area contributed by atoms with E-state index >= 15 is 0 Å². The van der Waals surface area contributed by atoms with E-state index in [4.69, 9.17) is 28.2 Å². The van der Waals surface area contributed by atoms with E-state index in [1.54, 1.807) is 13.0 Å². The predicted molar refractivity (Wildman–Crippen MR) is 133 cm³/mol. The Morgan fingerprint density at radius 2 is 2.18 bits per heavy atom. The summed E-state index contributed by atoms with van der Waals surface area (Å²) in [4.78, 5) is 7.72. The number of rotatable bonds is 5. The van der Waals surface area contributed by atoms with Crippen LogP contribution in [0.5, 0.6) is 0 Å². The number of allylic oxidation sites excluding steroid dienone is 5. The van der Waals surface area contributed by atoms with Crippen LogP contribution >= 0.6 is 35.0 Å². The van der Waals surface area contributed by atoms with Gasteiger partial charge in [-0.05, 0) is 54.4 Å². The maximum Gasteiger partial charge on any atom is 0.124 e. The van der Waals surface area contributed by atoms with Crippen LogP contribution < -0.4 is 0 Å². The second-order valence-corrected chi connectivity index (χ2v) is 11.6. The topological polar surface area (TPSA) is 15.6 Å². The van der Waals surface area contributed by atoms with Gasteiger partial charge in [-0.25, -0.2) is 8.78 Å². The van der Waals surface area contributed by atoms with Crippen LogP contribution in [0.2, 0.25) is 5.02 Å². The fourth-order valence-electron chi connectivity index (χ4n) is 5.61. The number of halogens is 4. The molecule has 33 heavy (non-hydrogen) atoms. The average molecular weight is 505 g/mol. The van der Waals surface area contributed by atoms with Gasteiger partial charge < -0.3 is 4.90 Å². The quantitative estimate of drug-likeness (QED) is 0.392. The number of fused-ring (bicyclic) bond motifs is 2. The monoisotopic (exact) mass is 504 g/mol. The molecule has 3 unspecified atom stereocenters. The normalized spacial score (nSPS) is 35.0. The molecule has 0 N–H and O–H groups in total. The zero-order valence-corrected chi connectivity index (χ0v) is 20.5. The Hall–Kier alpha value is -1.56. The van der Waals surface area contributed by atoms with E-state index in [-0.39, 0.29) is 22.5 Å². The Bertz CT molecular complexity index is 1170. The molecule has 3 aliphatic heterocycles. The summed E-state index contributed by atoms with van der Waals surface area (Å²) in [6.45, 7) is 2.42. The largest absolute Gasteiger partial charge is 0.332 e. The summed E-state index contributed by atoms with van der Waals surface area (Å²) >= 11 is 14.8. The van der Waals surface area contributed by atoms with Crippen molar-refractivity contribution in [3.8, 4) is 0 Å². The Morgan fingerprint density at radius 1 is 1.33 bits per heavy atom. The minimum absolute atomic E-state index is 0.0291. The second-order valence-electron chi connectivity index (χ2n) is 9.60. The molecule has 0 spiro atoms. The van der Waals surface area contributed by atoms with Gasteiger partial charge in [0.1, 0.15) is 23.9 Å². The molecule has 2 fully saturated rings. The SMILES string of the molecule is CC(F)[C@H]1C=CC(C2=C3C[C@H](CCl)CN3C(C34CC3C=CS4)=N[C@H]2c2ccc(F)cc2Cl)=C1. The molecule has 3 heterocycles. The molecule has 0 bridgehead atoms. The van der Waals surface area contributed by atoms with E-state index in [1.807, 2.05) is 30.0 Å². The van der Waals surface area contributed by atoms with Crippen molar-refractivity contribution < 1.29 is 8.78 Å². The number of benzene rings is 1. The smallest absolute Gasteiger partial charge is 0.124 e. The van der Waals surface area contributed by atoms with E-state index in [0.717, 1.165) is 41.9 Å². The van der Waals surface area contributed by atoms with Crippen LogP contribution in [0.25, 0.3) is 0 Å². The Kier molecular flexibility index (Phi) is 5.32. The fourth-order valence-corrected chi connectivity index (χ4v) is 7.39. The number of alkyl halides is 2. The van der Waals surface area contributed by atoms with E-state index in [9.17, 15) is 8.78 Å². The van der Waals surface area contributed by atoms with E-state index in [2.05, 4.69) is 16.4 Å². The highest BCUT2D eigenvalue weighted by Gasteiger charge is 2.62. The Balaban J connectivity index is 1.53. The lowest BCUT2D eigenvalue weighted by molar-refractivity contribution is 0.321. The van der Waals surface area contributed by atoms with Gasteiger partial charge in [-0.1, -0.05) is 42.0 Å². The standard InChI is InChI=1S/C26H24Cl2F2N2S/c1-14(29)16-2-3-17(9-16)23-22-8-15(12-27)13-32(22)25(26-11-18(26)6-7-33-26)31-24(23)20-5-4-19(30)10-21(20)28/h2-7,9-10,14-16,18,24H,8,11-13H2,1H3/t14?,15-,16+,18?,24+,26?/m1/s1. The van der Waals surface area contributed by atoms with Gasteiger partial charge in [0.25, 0.3) is 0 Å². The lowest BCUT2D eigenvalue weighted by Crippen LogP contribution is -2.41. The summed E-state index contributed by atoms with van der Waals surface area (Å²) in [5.74, 6) is 1.83. The molecule has 0 amide bonds. The van der Waals surface area contributed by atoms with Crippen LogP contribution in [0.3, 0.4) is 0 Å². The van der Waals surface area contributed by atoms with Crippen LogP contribution in [0, 0.1) is 23.6 Å². The first-order chi connectivity index (χ1) is 15.9. The molecule has 1 aromatic carbocycles. The Morgan fingerprint density at radius 3 is 2.82 bits per heavy atom. The van der Waals surface area contributed by atoms with Crippen molar-refractivity contribution in [1.29, 1.82) is 0 Å². The summed E-state index contributed by atoms with van der Waals surface area (Å²) < 4.78 is 28.0. The predicted octanol–water partition coefficient (Wildman–Crippen LogP) is 7.24. The third-order valence-corrected chi connectivity index (χ3v) is 9.59. The van der Waals surface area contributed by atoms with Crippen molar-refractivity contribution in [2.24, 2.45) is 22.7 Å². The van der Waals surface area contributed by atoms with Gasteiger partial charge in [-0.3, -0.25) is 4.99 Å². The molecule has 7 heteroatoms. The van der Waals surface area contributed by atoms with Gasteiger partial charge in [0.05, 0.1) is 4.75 Å². The van der Waals surface area contributed by atoms with Crippen LogP contribution in [0.1, 0.15) is 31.4 Å². The van der Waals surface area contributed by atoms with Crippen molar-refractivity contribution in [3.63, 3.8) is 0 Å². The lowest BCUT2D eigenvalue weighted by Gasteiger charge is -2.37. The minimum Gasteiger partial charge on any atom is -0.332 e. The number of hydrogen-bond acceptors (Lipinski definition) is 3. The average Bonchev–Trinajstić information content (AvgIpc) is 3.21. The number of nitrogens with zero attached hydrogens (tertiary/aromatic N) is 2. The number of amidine groups is 1. The number of hydrogen-bond donors (Lipinski definition) is 0. The second kappa shape index (κ2) is 8.00. The highest BCUT2D eigenvalue weighted by atomic mass is 35.5. The number of thioether (sulfide) groups is 1. The highest BCUT2D eigenvalue weighted by molar-refractivity contribution is 8.04. The van der Waals surface area contributed by atoms with E-state index in [1.165, 1.54) is 17.8 Å². The highest BCUT2D eigenvalue weighted by Crippen LogP contribution is 2.63. The molecular weight excluding hydrogens is 481 g/mol. The summed E-state index contributed by atoms with van der Waals surface area (Å²) in [5, 5.41) is 2.54. The van der Waals surface area contributed by atoms with Crippen LogP contribution in [0.4, 0.5) is 8.78 Å². The first-order valence-electron chi connectivity index (χ1n) is 11.4. The van der Waals surface area contributed by atoms with Gasteiger partial charge in [-0.15, -0.1) is 23.4 Å². The molecule has 5 aliphatic rings. The Labute approximate surface area is 207 Å². The van der Waals surface area contributed by atoms with Gasteiger partial charge in [0.2, 0.25) is 0 Å². The molecule has 2 nitrogen and oxygen atoms in total. The summed E-state index contributed by atoms with van der Waals surface area (Å²) in [6, 6.07) is 4.17. The molecule has 172 valence electrons. The van der Waals surface area contributed by atoms with Crippen LogP contribution in [-0.2, 0) is 0 Å². The first kappa shape index (κ1) is 21.9. The zero-order valence-electron chi connectivity index (χ0n) is 18.1. The zero-order chi connectivity index (χ0) is 22.9. The summed E-state index contributed by atoms with van der Waals surface area (Å²) in [6.07, 6.45) is 9.14. The molecular formula is C26H24Cl2F2N2S. The van der Waals surface area contributed by atoms with Gasteiger partial charge in [0, 0.05) is 40.6 Å². The molecule has 0 radical (unpaired) electrons. The maximum absolute atomic E-state index is 14.1. The first-order valence-corrected chi connectivity index (χ1v) is 13.2. The van der Waals surface area contributed by atoms with E-state index < -0.39 is 6.17 Å². The van der Waals surface area contributed by atoms with Crippen LogP contribution in [-0.4, -0.2) is 34.1 Å². The van der Waals surface area contributed by atoms with Gasteiger partial charge in [0.15, 0.2) is 0 Å². The fraction of sp³-hybridized carbons (Fsp3) is 0.423. The molecule has 6 atom stereocenters. The van der Waals surface area contributed by atoms with Crippen molar-refractivity contribution >= 4 is 40.8 Å². The van der Waals surface area contributed by atoms with Gasteiger partial charge >= 0.3 is 0 Å². The van der Waals surface area contributed by atoms with Crippen molar-refractivity contribution in [1.82, 2.24) is 4.90 Å². The van der Waals surface area contributed by atoms with Gasteiger partial charge in [-0.2, -0.15) is 0 Å². The minimum atomic E-state index is -0.970. The van der Waals surface area contributed by atoms with Crippen LogP contribution in [0.15, 0.2) is 69.7 Å². The third-order valence-electron chi connectivity index (χ3n) is 7.46.